The third kappa shape index (κ3) is 4.32. The van der Waals surface area contributed by atoms with Gasteiger partial charge in [-0.3, -0.25) is 19.1 Å². The number of fused-ring (bicyclic) bond motifs is 1. The second-order valence-electron chi connectivity index (χ2n) is 7.50. The molecule has 2 aromatic carbocycles. The molecule has 8 heteroatoms. The molecule has 0 fully saturated rings. The number of anilines is 2. The molecule has 3 N–H and O–H groups in total. The number of amides is 3. The second-order valence-corrected chi connectivity index (χ2v) is 7.50. The zero-order chi connectivity index (χ0) is 22.0. The van der Waals surface area contributed by atoms with Crippen molar-refractivity contribution in [1.82, 2.24) is 15.1 Å². The topological polar surface area (TPSA) is 105 Å². The minimum atomic E-state index is -0.972. The van der Waals surface area contributed by atoms with Gasteiger partial charge in [0.15, 0.2) is 0 Å². The van der Waals surface area contributed by atoms with Crippen molar-refractivity contribution < 1.29 is 14.4 Å². The normalized spacial score (nSPS) is 15.5. The van der Waals surface area contributed by atoms with Crippen molar-refractivity contribution in [3.8, 4) is 0 Å². The Morgan fingerprint density at radius 1 is 1.06 bits per heavy atom. The fourth-order valence-electron chi connectivity index (χ4n) is 3.62. The Labute approximate surface area is 179 Å². The lowest BCUT2D eigenvalue weighted by Crippen LogP contribution is -2.43. The van der Waals surface area contributed by atoms with Gasteiger partial charge in [0.1, 0.15) is 6.04 Å². The number of para-hydroxylation sites is 1. The first-order valence-electron chi connectivity index (χ1n) is 10.0. The van der Waals surface area contributed by atoms with E-state index in [9.17, 15) is 14.4 Å². The molecule has 1 aliphatic heterocycles. The minimum Gasteiger partial charge on any atom is -0.340 e. The van der Waals surface area contributed by atoms with E-state index in [4.69, 9.17) is 0 Å². The third-order valence-corrected chi connectivity index (χ3v) is 5.26. The van der Waals surface area contributed by atoms with Crippen molar-refractivity contribution in [3.63, 3.8) is 0 Å². The number of hydrogen-bond donors (Lipinski definition) is 3. The Hall–Kier alpha value is -3.94. The van der Waals surface area contributed by atoms with Crippen molar-refractivity contribution in [3.05, 3.63) is 77.1 Å². The van der Waals surface area contributed by atoms with E-state index in [1.807, 2.05) is 48.9 Å². The number of aromatic nitrogens is 2. The molecule has 4 rings (SSSR count). The van der Waals surface area contributed by atoms with Crippen molar-refractivity contribution >= 4 is 29.1 Å². The third-order valence-electron chi connectivity index (χ3n) is 5.26. The van der Waals surface area contributed by atoms with E-state index in [0.29, 0.717) is 29.2 Å². The fourth-order valence-corrected chi connectivity index (χ4v) is 3.62. The van der Waals surface area contributed by atoms with Gasteiger partial charge in [0.2, 0.25) is 11.8 Å². The zero-order valence-electron chi connectivity index (χ0n) is 17.3. The number of nitrogens with zero attached hydrogens (tertiary/aromatic N) is 2. The number of nitrogens with one attached hydrogen (secondary N) is 3. The second kappa shape index (κ2) is 8.43. The summed E-state index contributed by atoms with van der Waals surface area (Å²) in [4.78, 5) is 37.7. The number of carbonyl (C=O) groups excluding carboxylic acids is 3. The van der Waals surface area contributed by atoms with Crippen molar-refractivity contribution in [1.29, 1.82) is 0 Å². The molecule has 0 spiro atoms. The first-order valence-corrected chi connectivity index (χ1v) is 10.0. The lowest BCUT2D eigenvalue weighted by Gasteiger charge is -2.14. The van der Waals surface area contributed by atoms with Crippen LogP contribution in [0.15, 0.2) is 54.6 Å². The number of rotatable bonds is 5. The van der Waals surface area contributed by atoms with Crippen molar-refractivity contribution in [2.75, 3.05) is 10.6 Å². The lowest BCUT2D eigenvalue weighted by atomic mass is 10.1. The average molecular weight is 417 g/mol. The summed E-state index contributed by atoms with van der Waals surface area (Å²) in [5.74, 6) is -1.20. The molecule has 0 aliphatic carbocycles. The molecule has 1 atom stereocenters. The number of carbonyl (C=O) groups is 3. The maximum absolute atomic E-state index is 12.7. The van der Waals surface area contributed by atoms with Gasteiger partial charge in [-0.05, 0) is 31.5 Å². The Bertz CT molecular complexity index is 1150. The zero-order valence-corrected chi connectivity index (χ0v) is 17.3. The number of hydrogen-bond acceptors (Lipinski definition) is 4. The molecule has 0 bridgehead atoms. The predicted octanol–water partition coefficient (Wildman–Crippen LogP) is 2.63. The molecule has 0 radical (unpaired) electrons. The molecular formula is C23H23N5O3. The maximum atomic E-state index is 12.7. The van der Waals surface area contributed by atoms with Crippen LogP contribution in [0.3, 0.4) is 0 Å². The van der Waals surface area contributed by atoms with Gasteiger partial charge < -0.3 is 16.0 Å². The van der Waals surface area contributed by atoms with Crippen LogP contribution < -0.4 is 16.0 Å². The van der Waals surface area contributed by atoms with Crippen LogP contribution in [0.1, 0.15) is 33.7 Å². The van der Waals surface area contributed by atoms with Crippen LogP contribution in [0.4, 0.5) is 11.4 Å². The van der Waals surface area contributed by atoms with Crippen LogP contribution in [0, 0.1) is 13.8 Å². The molecule has 0 saturated carbocycles. The summed E-state index contributed by atoms with van der Waals surface area (Å²) in [6.45, 7) is 4.29. The van der Waals surface area contributed by atoms with Gasteiger partial charge in [0, 0.05) is 0 Å². The van der Waals surface area contributed by atoms with Gasteiger partial charge in [-0.25, -0.2) is 0 Å². The highest BCUT2D eigenvalue weighted by Crippen LogP contribution is 2.22. The van der Waals surface area contributed by atoms with Crippen LogP contribution in [-0.4, -0.2) is 33.5 Å². The summed E-state index contributed by atoms with van der Waals surface area (Å²) in [7, 11) is 0. The van der Waals surface area contributed by atoms with Gasteiger partial charge in [0.05, 0.1) is 41.3 Å². The van der Waals surface area contributed by atoms with E-state index in [0.717, 1.165) is 11.3 Å². The van der Waals surface area contributed by atoms with Gasteiger partial charge >= 0.3 is 0 Å². The number of benzene rings is 2. The smallest absolute Gasteiger partial charge is 0.254 e. The highest BCUT2D eigenvalue weighted by Gasteiger charge is 2.29. The molecule has 3 aromatic rings. The average Bonchev–Trinajstić information content (AvgIpc) is 2.94. The highest BCUT2D eigenvalue weighted by atomic mass is 16.2. The van der Waals surface area contributed by atoms with Crippen LogP contribution in [0.5, 0.6) is 0 Å². The molecule has 8 nitrogen and oxygen atoms in total. The van der Waals surface area contributed by atoms with E-state index in [-0.39, 0.29) is 12.3 Å². The quantitative estimate of drug-likeness (QED) is 0.593. The summed E-state index contributed by atoms with van der Waals surface area (Å²) in [6.07, 6.45) is -0.186. The number of aryl methyl sites for hydroxylation is 1. The van der Waals surface area contributed by atoms with Crippen LogP contribution >= 0.6 is 0 Å². The van der Waals surface area contributed by atoms with Gasteiger partial charge in [-0.2, -0.15) is 5.10 Å². The molecule has 31 heavy (non-hydrogen) atoms. The van der Waals surface area contributed by atoms with Crippen LogP contribution in [0.2, 0.25) is 0 Å². The van der Waals surface area contributed by atoms with Crippen molar-refractivity contribution in [2.45, 2.75) is 32.9 Å². The Morgan fingerprint density at radius 3 is 2.55 bits per heavy atom. The highest BCUT2D eigenvalue weighted by molar-refractivity contribution is 6.11. The molecule has 3 amide bonds. The largest absolute Gasteiger partial charge is 0.340 e. The van der Waals surface area contributed by atoms with Gasteiger partial charge in [0.25, 0.3) is 5.91 Å². The molecule has 2 heterocycles. The monoisotopic (exact) mass is 417 g/mol. The van der Waals surface area contributed by atoms with E-state index >= 15 is 0 Å². The lowest BCUT2D eigenvalue weighted by molar-refractivity contribution is -0.122. The fraction of sp³-hybridized carbons (Fsp3) is 0.217. The Morgan fingerprint density at radius 2 is 1.77 bits per heavy atom. The van der Waals surface area contributed by atoms with Gasteiger partial charge in [-0.1, -0.05) is 42.5 Å². The molecule has 1 aliphatic rings. The molecule has 158 valence electrons. The van der Waals surface area contributed by atoms with E-state index in [1.165, 1.54) is 0 Å². The van der Waals surface area contributed by atoms with E-state index in [1.54, 1.807) is 24.3 Å². The van der Waals surface area contributed by atoms with E-state index < -0.39 is 17.9 Å². The summed E-state index contributed by atoms with van der Waals surface area (Å²) >= 11 is 0. The summed E-state index contributed by atoms with van der Waals surface area (Å²) in [5, 5.41) is 12.7. The summed E-state index contributed by atoms with van der Waals surface area (Å²) < 4.78 is 1.83. The van der Waals surface area contributed by atoms with Crippen LogP contribution in [0.25, 0.3) is 0 Å². The molecular weight excluding hydrogens is 394 g/mol. The summed E-state index contributed by atoms with van der Waals surface area (Å²) in [6, 6.07) is 15.7. The SMILES string of the molecule is Cc1nn(Cc2ccccc2)c(C)c1NC(=O)C[C@@H]1NC(=O)c2ccccc2NC1=O. The van der Waals surface area contributed by atoms with Gasteiger partial charge in [-0.15, -0.1) is 0 Å². The standard InChI is InChI=1S/C23H23N5O3/c1-14-21(15(2)28(27-14)13-16-8-4-3-5-9-16)26-20(29)12-19-23(31)24-18-11-7-6-10-17(18)22(30)25-19/h3-11,19H,12-13H2,1-2H3,(H,24,31)(H,25,30)(H,26,29)/t19-/m0/s1. The Balaban J connectivity index is 1.46. The summed E-state index contributed by atoms with van der Waals surface area (Å²) in [5.41, 5.74) is 4.02. The molecule has 0 unspecified atom stereocenters. The molecule has 0 saturated heterocycles. The maximum Gasteiger partial charge on any atom is 0.254 e. The van der Waals surface area contributed by atoms with Crippen LogP contribution in [-0.2, 0) is 16.1 Å². The first kappa shape index (κ1) is 20.3. The molecule has 1 aromatic heterocycles. The van der Waals surface area contributed by atoms with E-state index in [2.05, 4.69) is 21.0 Å². The first-order chi connectivity index (χ1) is 14.9. The minimum absolute atomic E-state index is 0.186. The Kier molecular flexibility index (Phi) is 5.53. The predicted molar refractivity (Wildman–Crippen MR) is 117 cm³/mol. The van der Waals surface area contributed by atoms with Crippen molar-refractivity contribution in [2.24, 2.45) is 0 Å².